The van der Waals surface area contributed by atoms with Crippen molar-refractivity contribution >= 4 is 5.91 Å². The SMILES string of the molecule is CCC(C#N)(CC)NC(=O)c1ccc(C)cc1. The van der Waals surface area contributed by atoms with Crippen LogP contribution >= 0.6 is 0 Å². The molecule has 0 aromatic heterocycles. The lowest BCUT2D eigenvalue weighted by atomic mass is 9.94. The normalized spacial score (nSPS) is 10.7. The average molecular weight is 230 g/mol. The van der Waals surface area contributed by atoms with Crippen molar-refractivity contribution in [2.75, 3.05) is 0 Å². The summed E-state index contributed by atoms with van der Waals surface area (Å²) in [7, 11) is 0. The minimum atomic E-state index is -0.748. The van der Waals surface area contributed by atoms with Crippen molar-refractivity contribution < 1.29 is 4.79 Å². The second-order valence-electron chi connectivity index (χ2n) is 4.22. The number of nitrogens with zero attached hydrogens (tertiary/aromatic N) is 1. The van der Waals surface area contributed by atoms with E-state index in [4.69, 9.17) is 5.26 Å². The molecule has 3 nitrogen and oxygen atoms in total. The summed E-state index contributed by atoms with van der Waals surface area (Å²) >= 11 is 0. The highest BCUT2D eigenvalue weighted by Gasteiger charge is 2.27. The number of nitrogens with one attached hydrogen (secondary N) is 1. The van der Waals surface area contributed by atoms with E-state index in [1.165, 1.54) is 0 Å². The van der Waals surface area contributed by atoms with Gasteiger partial charge in [-0.3, -0.25) is 4.79 Å². The van der Waals surface area contributed by atoms with Gasteiger partial charge in [0.25, 0.3) is 5.91 Å². The molecule has 1 aromatic rings. The lowest BCUT2D eigenvalue weighted by Gasteiger charge is -2.24. The first-order valence-electron chi connectivity index (χ1n) is 5.87. The van der Waals surface area contributed by atoms with Crippen molar-refractivity contribution in [3.63, 3.8) is 0 Å². The smallest absolute Gasteiger partial charge is 0.252 e. The van der Waals surface area contributed by atoms with E-state index in [9.17, 15) is 4.79 Å². The first-order valence-corrected chi connectivity index (χ1v) is 5.87. The predicted octanol–water partition coefficient (Wildman–Crippen LogP) is 2.81. The van der Waals surface area contributed by atoms with Gasteiger partial charge in [0.1, 0.15) is 5.54 Å². The monoisotopic (exact) mass is 230 g/mol. The van der Waals surface area contributed by atoms with Gasteiger partial charge in [0.2, 0.25) is 0 Å². The van der Waals surface area contributed by atoms with Crippen molar-refractivity contribution in [2.45, 2.75) is 39.2 Å². The van der Waals surface area contributed by atoms with Gasteiger partial charge in [-0.15, -0.1) is 0 Å². The lowest BCUT2D eigenvalue weighted by Crippen LogP contribution is -2.46. The second kappa shape index (κ2) is 5.49. The predicted molar refractivity (Wildman–Crippen MR) is 67.6 cm³/mol. The molecule has 90 valence electrons. The minimum absolute atomic E-state index is 0.185. The van der Waals surface area contributed by atoms with Gasteiger partial charge in [-0.05, 0) is 31.9 Å². The summed E-state index contributed by atoms with van der Waals surface area (Å²) in [6, 6.07) is 9.53. The molecule has 17 heavy (non-hydrogen) atoms. The van der Waals surface area contributed by atoms with Crippen molar-refractivity contribution in [2.24, 2.45) is 0 Å². The molecular weight excluding hydrogens is 212 g/mol. The van der Waals surface area contributed by atoms with E-state index in [0.717, 1.165) is 5.56 Å². The minimum Gasteiger partial charge on any atom is -0.334 e. The fraction of sp³-hybridized carbons (Fsp3) is 0.429. The van der Waals surface area contributed by atoms with Crippen molar-refractivity contribution in [1.29, 1.82) is 5.26 Å². The summed E-state index contributed by atoms with van der Waals surface area (Å²) in [4.78, 5) is 12.0. The Labute approximate surface area is 102 Å². The first-order chi connectivity index (χ1) is 8.06. The van der Waals surface area contributed by atoms with Crippen LogP contribution in [0.1, 0.15) is 42.6 Å². The average Bonchev–Trinajstić information content (AvgIpc) is 2.37. The molecule has 0 saturated carbocycles. The van der Waals surface area contributed by atoms with E-state index in [1.807, 2.05) is 32.9 Å². The molecule has 1 rings (SSSR count). The molecule has 1 amide bonds. The van der Waals surface area contributed by atoms with Crippen LogP contribution in [0.5, 0.6) is 0 Å². The molecule has 0 radical (unpaired) electrons. The maximum absolute atomic E-state index is 12.0. The van der Waals surface area contributed by atoms with Gasteiger partial charge in [0.05, 0.1) is 6.07 Å². The first kappa shape index (κ1) is 13.2. The zero-order valence-corrected chi connectivity index (χ0v) is 10.6. The Morgan fingerprint density at radius 3 is 2.24 bits per heavy atom. The highest BCUT2D eigenvalue weighted by molar-refractivity contribution is 5.94. The number of aryl methyl sites for hydroxylation is 1. The molecule has 0 heterocycles. The van der Waals surface area contributed by atoms with Crippen molar-refractivity contribution in [3.8, 4) is 6.07 Å². The quantitative estimate of drug-likeness (QED) is 0.864. The molecule has 1 N–H and O–H groups in total. The fourth-order valence-corrected chi connectivity index (χ4v) is 1.61. The van der Waals surface area contributed by atoms with E-state index in [1.54, 1.807) is 12.1 Å². The van der Waals surface area contributed by atoms with E-state index in [2.05, 4.69) is 11.4 Å². The number of carbonyl (C=O) groups is 1. The lowest BCUT2D eigenvalue weighted by molar-refractivity contribution is 0.0915. The standard InChI is InChI=1S/C14H18N2O/c1-4-14(5-2,10-15)16-13(17)12-8-6-11(3)7-9-12/h6-9H,4-5H2,1-3H3,(H,16,17). The molecule has 0 spiro atoms. The molecule has 3 heteroatoms. The molecule has 0 bridgehead atoms. The maximum atomic E-state index is 12.0. The van der Waals surface area contributed by atoms with Crippen LogP contribution in [-0.4, -0.2) is 11.4 Å². The Morgan fingerprint density at radius 1 is 1.29 bits per heavy atom. The van der Waals surface area contributed by atoms with E-state index in [-0.39, 0.29) is 5.91 Å². The van der Waals surface area contributed by atoms with Gasteiger partial charge >= 0.3 is 0 Å². The van der Waals surface area contributed by atoms with Crippen LogP contribution in [0.4, 0.5) is 0 Å². The summed E-state index contributed by atoms with van der Waals surface area (Å²) in [6.45, 7) is 5.78. The Balaban J connectivity index is 2.85. The van der Waals surface area contributed by atoms with Gasteiger partial charge in [0.15, 0.2) is 0 Å². The molecular formula is C14H18N2O. The zero-order valence-electron chi connectivity index (χ0n) is 10.6. The molecule has 0 saturated heterocycles. The zero-order chi connectivity index (χ0) is 12.9. The number of carbonyl (C=O) groups excluding carboxylic acids is 1. The maximum Gasteiger partial charge on any atom is 0.252 e. The third-order valence-corrected chi connectivity index (χ3v) is 3.09. The Bertz CT molecular complexity index is 425. The van der Waals surface area contributed by atoms with Crippen LogP contribution in [0.3, 0.4) is 0 Å². The molecule has 0 atom stereocenters. The molecule has 0 aliphatic carbocycles. The van der Waals surface area contributed by atoms with Gasteiger partial charge < -0.3 is 5.32 Å². The van der Waals surface area contributed by atoms with E-state index in [0.29, 0.717) is 18.4 Å². The van der Waals surface area contributed by atoms with Crippen molar-refractivity contribution in [1.82, 2.24) is 5.32 Å². The third kappa shape index (κ3) is 3.07. The molecule has 0 fully saturated rings. The Hall–Kier alpha value is -1.82. The van der Waals surface area contributed by atoms with Crippen LogP contribution in [0.2, 0.25) is 0 Å². The third-order valence-electron chi connectivity index (χ3n) is 3.09. The summed E-state index contributed by atoms with van der Waals surface area (Å²) < 4.78 is 0. The van der Waals surface area contributed by atoms with Crippen LogP contribution in [0.15, 0.2) is 24.3 Å². The Morgan fingerprint density at radius 2 is 1.82 bits per heavy atom. The molecule has 0 aliphatic heterocycles. The summed E-state index contributed by atoms with van der Waals surface area (Å²) in [6.07, 6.45) is 1.22. The highest BCUT2D eigenvalue weighted by Crippen LogP contribution is 2.15. The van der Waals surface area contributed by atoms with Gasteiger partial charge in [-0.2, -0.15) is 5.26 Å². The van der Waals surface area contributed by atoms with Gasteiger partial charge in [-0.1, -0.05) is 31.5 Å². The summed E-state index contributed by atoms with van der Waals surface area (Å²) in [5.74, 6) is -0.185. The molecule has 1 aromatic carbocycles. The van der Waals surface area contributed by atoms with Crippen LogP contribution < -0.4 is 5.32 Å². The van der Waals surface area contributed by atoms with E-state index < -0.39 is 5.54 Å². The number of amides is 1. The van der Waals surface area contributed by atoms with Crippen LogP contribution in [0, 0.1) is 18.3 Å². The fourth-order valence-electron chi connectivity index (χ4n) is 1.61. The summed E-state index contributed by atoms with van der Waals surface area (Å²) in [5.41, 5.74) is 0.957. The number of rotatable bonds is 4. The Kier molecular flexibility index (Phi) is 4.28. The number of nitriles is 1. The second-order valence-corrected chi connectivity index (χ2v) is 4.22. The van der Waals surface area contributed by atoms with Crippen LogP contribution in [-0.2, 0) is 0 Å². The topological polar surface area (TPSA) is 52.9 Å². The van der Waals surface area contributed by atoms with Gasteiger partial charge in [0, 0.05) is 5.56 Å². The van der Waals surface area contributed by atoms with Gasteiger partial charge in [-0.25, -0.2) is 0 Å². The largest absolute Gasteiger partial charge is 0.334 e. The van der Waals surface area contributed by atoms with E-state index >= 15 is 0 Å². The number of hydrogen-bond donors (Lipinski definition) is 1. The van der Waals surface area contributed by atoms with Crippen molar-refractivity contribution in [3.05, 3.63) is 35.4 Å². The summed E-state index contributed by atoms with van der Waals surface area (Å²) in [5, 5.41) is 12.0. The number of hydrogen-bond acceptors (Lipinski definition) is 2. The highest BCUT2D eigenvalue weighted by atomic mass is 16.1. The number of benzene rings is 1. The van der Waals surface area contributed by atoms with Crippen LogP contribution in [0.25, 0.3) is 0 Å². The molecule has 0 aliphatic rings. The molecule has 0 unspecified atom stereocenters.